The number of esters is 1. The number of halogens is 1. The summed E-state index contributed by atoms with van der Waals surface area (Å²) in [6.45, 7) is 0.436. The van der Waals surface area contributed by atoms with Gasteiger partial charge in [-0.3, -0.25) is 9.69 Å². The molecule has 0 spiro atoms. The first-order valence-electron chi connectivity index (χ1n) is 5.15. The van der Waals surface area contributed by atoms with Crippen LogP contribution in [0, 0.1) is 5.82 Å². The van der Waals surface area contributed by atoms with Crippen molar-refractivity contribution in [3.05, 3.63) is 29.6 Å². The Morgan fingerprint density at radius 2 is 2.12 bits per heavy atom. The lowest BCUT2D eigenvalue weighted by atomic mass is 10.2. The second kappa shape index (κ2) is 6.20. The molecule has 0 atom stereocenters. The van der Waals surface area contributed by atoms with Crippen LogP contribution in [0.25, 0.3) is 0 Å². The average molecular weight is 241 g/mol. The SMILES string of the molecule is COC(=O)CN(C)Cc1cccc(OC)c1F. The largest absolute Gasteiger partial charge is 0.494 e. The van der Waals surface area contributed by atoms with Gasteiger partial charge in [0.2, 0.25) is 0 Å². The molecule has 0 N–H and O–H groups in total. The molecule has 94 valence electrons. The molecule has 0 amide bonds. The number of ether oxygens (including phenoxy) is 2. The summed E-state index contributed by atoms with van der Waals surface area (Å²) in [7, 11) is 4.46. The summed E-state index contributed by atoms with van der Waals surface area (Å²) in [5.41, 5.74) is 0.482. The number of likely N-dealkylation sites (N-methyl/N-ethyl adjacent to an activating group) is 1. The summed E-state index contributed by atoms with van der Waals surface area (Å²) in [5, 5.41) is 0. The van der Waals surface area contributed by atoms with Crippen molar-refractivity contribution < 1.29 is 18.7 Å². The molecule has 0 unspecified atom stereocenters. The summed E-state index contributed by atoms with van der Waals surface area (Å²) in [6.07, 6.45) is 0. The molecule has 0 aliphatic carbocycles. The first kappa shape index (κ1) is 13.4. The standard InChI is InChI=1S/C12H16FNO3/c1-14(8-11(15)17-3)7-9-5-4-6-10(16-2)12(9)13/h4-6H,7-8H2,1-3H3. The molecule has 0 radical (unpaired) electrons. The first-order chi connectivity index (χ1) is 8.08. The van der Waals surface area contributed by atoms with Crippen molar-refractivity contribution in [2.24, 2.45) is 0 Å². The molecule has 0 saturated carbocycles. The fourth-order valence-corrected chi connectivity index (χ4v) is 1.47. The molecule has 0 aliphatic rings. The maximum atomic E-state index is 13.8. The van der Waals surface area contributed by atoms with Crippen LogP contribution in [0.3, 0.4) is 0 Å². The van der Waals surface area contributed by atoms with Crippen molar-refractivity contribution in [1.29, 1.82) is 0 Å². The molecule has 1 aromatic rings. The molecular formula is C12H16FNO3. The van der Waals surface area contributed by atoms with Gasteiger partial charge in [-0.15, -0.1) is 0 Å². The maximum absolute atomic E-state index is 13.8. The molecule has 0 heterocycles. The normalized spacial score (nSPS) is 10.4. The van der Waals surface area contributed by atoms with Gasteiger partial charge in [0.25, 0.3) is 0 Å². The van der Waals surface area contributed by atoms with E-state index in [2.05, 4.69) is 4.74 Å². The molecule has 0 aromatic heterocycles. The Kier molecular flexibility index (Phi) is 4.90. The lowest BCUT2D eigenvalue weighted by Gasteiger charge is -2.16. The molecule has 0 aliphatic heterocycles. The number of hydrogen-bond donors (Lipinski definition) is 0. The zero-order chi connectivity index (χ0) is 12.8. The minimum Gasteiger partial charge on any atom is -0.494 e. The Morgan fingerprint density at radius 1 is 1.41 bits per heavy atom. The lowest BCUT2D eigenvalue weighted by Crippen LogP contribution is -2.26. The highest BCUT2D eigenvalue weighted by Gasteiger charge is 2.12. The van der Waals surface area contributed by atoms with Crippen molar-refractivity contribution in [1.82, 2.24) is 4.90 Å². The Morgan fingerprint density at radius 3 is 2.71 bits per heavy atom. The van der Waals surface area contributed by atoms with Gasteiger partial charge in [0.15, 0.2) is 11.6 Å². The third-order valence-corrected chi connectivity index (χ3v) is 2.33. The van der Waals surface area contributed by atoms with Crippen molar-refractivity contribution in [3.8, 4) is 5.75 Å². The summed E-state index contributed by atoms with van der Waals surface area (Å²) in [5.74, 6) is -0.545. The number of methoxy groups -OCH3 is 2. The van der Waals surface area contributed by atoms with E-state index in [-0.39, 0.29) is 18.3 Å². The quantitative estimate of drug-likeness (QED) is 0.731. The number of benzene rings is 1. The Balaban J connectivity index is 2.71. The summed E-state index contributed by atoms with van der Waals surface area (Å²) in [6, 6.07) is 4.92. The van der Waals surface area contributed by atoms with Crippen LogP contribution < -0.4 is 4.74 Å². The highest BCUT2D eigenvalue weighted by Crippen LogP contribution is 2.20. The monoisotopic (exact) mass is 241 g/mol. The van der Waals surface area contributed by atoms with Crippen LogP contribution >= 0.6 is 0 Å². The van der Waals surface area contributed by atoms with E-state index in [0.29, 0.717) is 12.1 Å². The van der Waals surface area contributed by atoms with Crippen molar-refractivity contribution >= 4 is 5.97 Å². The van der Waals surface area contributed by atoms with E-state index in [0.717, 1.165) is 0 Å². The molecule has 0 saturated heterocycles. The predicted octanol–water partition coefficient (Wildman–Crippen LogP) is 1.44. The van der Waals surface area contributed by atoms with Crippen LogP contribution in [0.1, 0.15) is 5.56 Å². The van der Waals surface area contributed by atoms with Gasteiger partial charge in [0.1, 0.15) is 0 Å². The number of carbonyl (C=O) groups is 1. The van der Waals surface area contributed by atoms with Crippen molar-refractivity contribution in [2.75, 3.05) is 27.8 Å². The number of carbonyl (C=O) groups excluding carboxylic acids is 1. The van der Waals surface area contributed by atoms with E-state index < -0.39 is 5.82 Å². The second-order valence-electron chi connectivity index (χ2n) is 3.68. The Bertz CT molecular complexity index is 395. The number of hydrogen-bond acceptors (Lipinski definition) is 4. The molecule has 1 rings (SSSR count). The highest BCUT2D eigenvalue weighted by molar-refractivity contribution is 5.71. The van der Waals surface area contributed by atoms with E-state index in [9.17, 15) is 9.18 Å². The van der Waals surface area contributed by atoms with Crippen LogP contribution in [-0.2, 0) is 16.1 Å². The fraction of sp³-hybridized carbons (Fsp3) is 0.417. The average Bonchev–Trinajstić information content (AvgIpc) is 2.31. The first-order valence-corrected chi connectivity index (χ1v) is 5.15. The summed E-state index contributed by atoms with van der Waals surface area (Å²) >= 11 is 0. The van der Waals surface area contributed by atoms with E-state index >= 15 is 0 Å². The molecule has 5 heteroatoms. The van der Waals surface area contributed by atoms with Crippen molar-refractivity contribution in [2.45, 2.75) is 6.54 Å². The number of rotatable bonds is 5. The van der Waals surface area contributed by atoms with E-state index in [1.807, 2.05) is 0 Å². The topological polar surface area (TPSA) is 38.8 Å². The fourth-order valence-electron chi connectivity index (χ4n) is 1.47. The van der Waals surface area contributed by atoms with Gasteiger partial charge in [-0.2, -0.15) is 0 Å². The molecule has 0 bridgehead atoms. The zero-order valence-corrected chi connectivity index (χ0v) is 10.2. The van der Waals surface area contributed by atoms with Gasteiger partial charge in [-0.05, 0) is 13.1 Å². The van der Waals surface area contributed by atoms with Gasteiger partial charge in [0, 0.05) is 12.1 Å². The maximum Gasteiger partial charge on any atom is 0.319 e. The predicted molar refractivity (Wildman–Crippen MR) is 61.3 cm³/mol. The van der Waals surface area contributed by atoms with Gasteiger partial charge in [0.05, 0.1) is 20.8 Å². The van der Waals surface area contributed by atoms with Crippen LogP contribution in [0.15, 0.2) is 18.2 Å². The van der Waals surface area contributed by atoms with Crippen LogP contribution in [0.2, 0.25) is 0 Å². The molecular weight excluding hydrogens is 225 g/mol. The van der Waals surface area contributed by atoms with Crippen LogP contribution in [0.5, 0.6) is 5.75 Å². The Labute approximate surface area is 99.9 Å². The molecule has 4 nitrogen and oxygen atoms in total. The zero-order valence-electron chi connectivity index (χ0n) is 10.2. The minimum absolute atomic E-state index is 0.118. The molecule has 1 aromatic carbocycles. The Hall–Kier alpha value is -1.62. The van der Waals surface area contributed by atoms with E-state index in [1.54, 1.807) is 30.1 Å². The lowest BCUT2D eigenvalue weighted by molar-refractivity contribution is -0.141. The van der Waals surface area contributed by atoms with Gasteiger partial charge in [-0.1, -0.05) is 12.1 Å². The van der Waals surface area contributed by atoms with Gasteiger partial charge in [-0.25, -0.2) is 4.39 Å². The minimum atomic E-state index is -0.397. The van der Waals surface area contributed by atoms with E-state index in [1.165, 1.54) is 14.2 Å². The van der Waals surface area contributed by atoms with E-state index in [4.69, 9.17) is 4.74 Å². The molecule has 0 fully saturated rings. The summed E-state index contributed by atoms with van der Waals surface area (Å²) < 4.78 is 23.2. The van der Waals surface area contributed by atoms with Gasteiger partial charge >= 0.3 is 5.97 Å². The third-order valence-electron chi connectivity index (χ3n) is 2.33. The smallest absolute Gasteiger partial charge is 0.319 e. The third kappa shape index (κ3) is 3.71. The second-order valence-corrected chi connectivity index (χ2v) is 3.68. The number of nitrogens with zero attached hydrogens (tertiary/aromatic N) is 1. The van der Waals surface area contributed by atoms with Gasteiger partial charge < -0.3 is 9.47 Å². The summed E-state index contributed by atoms with van der Waals surface area (Å²) in [4.78, 5) is 12.7. The van der Waals surface area contributed by atoms with Crippen LogP contribution in [-0.4, -0.2) is 38.7 Å². The van der Waals surface area contributed by atoms with Crippen LogP contribution in [0.4, 0.5) is 4.39 Å². The highest BCUT2D eigenvalue weighted by atomic mass is 19.1. The van der Waals surface area contributed by atoms with Crippen molar-refractivity contribution in [3.63, 3.8) is 0 Å². The molecule has 17 heavy (non-hydrogen) atoms.